The Balaban J connectivity index is 2.24. The van der Waals surface area contributed by atoms with Gasteiger partial charge >= 0.3 is 0 Å². The third-order valence-electron chi connectivity index (χ3n) is 1.55. The molecular formula is C9H4Br3NOS. The van der Waals surface area contributed by atoms with Crippen molar-refractivity contribution >= 4 is 59.1 Å². The van der Waals surface area contributed by atoms with Gasteiger partial charge in [-0.25, -0.2) is 0 Å². The Hall–Kier alpha value is 0.0900. The molecule has 0 amide bonds. The maximum Gasteiger partial charge on any atom is 0.279 e. The van der Waals surface area contributed by atoms with Crippen LogP contribution in [0.5, 0.6) is 10.9 Å². The van der Waals surface area contributed by atoms with Gasteiger partial charge in [-0.2, -0.15) is 4.98 Å². The summed E-state index contributed by atoms with van der Waals surface area (Å²) in [6.07, 6.45) is 0. The second-order valence-corrected chi connectivity index (χ2v) is 6.02. The highest BCUT2D eigenvalue weighted by atomic mass is 79.9. The average Bonchev–Trinajstić information content (AvgIpc) is 2.56. The minimum Gasteiger partial charge on any atom is -0.430 e. The fourth-order valence-electron chi connectivity index (χ4n) is 0.938. The van der Waals surface area contributed by atoms with Crippen LogP contribution in [0.4, 0.5) is 0 Å². The molecule has 2 rings (SSSR count). The smallest absolute Gasteiger partial charge is 0.279 e. The van der Waals surface area contributed by atoms with E-state index in [2.05, 4.69) is 52.8 Å². The zero-order valence-corrected chi connectivity index (χ0v) is 12.8. The van der Waals surface area contributed by atoms with Crippen LogP contribution in [0, 0.1) is 0 Å². The lowest BCUT2D eigenvalue weighted by Gasteiger charge is -2.04. The molecule has 0 saturated heterocycles. The molecule has 0 bridgehead atoms. The lowest BCUT2D eigenvalue weighted by atomic mass is 10.3. The van der Waals surface area contributed by atoms with Crippen molar-refractivity contribution in [1.82, 2.24) is 4.98 Å². The van der Waals surface area contributed by atoms with Crippen molar-refractivity contribution < 1.29 is 4.74 Å². The summed E-state index contributed by atoms with van der Waals surface area (Å²) < 4.78 is 8.28. The number of benzene rings is 1. The normalized spacial score (nSPS) is 10.3. The molecule has 1 aromatic heterocycles. The quantitative estimate of drug-likeness (QED) is 0.673. The first kappa shape index (κ1) is 11.6. The summed E-state index contributed by atoms with van der Waals surface area (Å²) in [5.41, 5.74) is 0. The predicted octanol–water partition coefficient (Wildman–Crippen LogP) is 5.22. The number of ether oxygens (including phenoxy) is 1. The van der Waals surface area contributed by atoms with Gasteiger partial charge in [0.25, 0.3) is 5.19 Å². The summed E-state index contributed by atoms with van der Waals surface area (Å²) in [5.74, 6) is 0.750. The third kappa shape index (κ3) is 3.03. The highest BCUT2D eigenvalue weighted by molar-refractivity contribution is 9.11. The van der Waals surface area contributed by atoms with Crippen LogP contribution in [0.1, 0.15) is 0 Å². The van der Waals surface area contributed by atoms with Crippen LogP contribution >= 0.6 is 59.1 Å². The van der Waals surface area contributed by atoms with Gasteiger partial charge in [0.05, 0.1) is 4.47 Å². The van der Waals surface area contributed by atoms with Crippen molar-refractivity contribution in [3.8, 4) is 10.9 Å². The number of hydrogen-bond acceptors (Lipinski definition) is 3. The van der Waals surface area contributed by atoms with Crippen molar-refractivity contribution in [3.63, 3.8) is 0 Å². The SMILES string of the molecule is Brc1ccc(Oc2nc(Br)cs2)c(Br)c1. The van der Waals surface area contributed by atoms with E-state index in [-0.39, 0.29) is 0 Å². The first-order valence-corrected chi connectivity index (χ1v) is 7.15. The fraction of sp³-hybridized carbons (Fsp3) is 0. The van der Waals surface area contributed by atoms with Gasteiger partial charge in [0.2, 0.25) is 0 Å². The molecule has 2 nitrogen and oxygen atoms in total. The topological polar surface area (TPSA) is 22.1 Å². The van der Waals surface area contributed by atoms with Gasteiger partial charge in [-0.15, -0.1) is 0 Å². The summed E-state index contributed by atoms with van der Waals surface area (Å²) in [7, 11) is 0. The Kier molecular flexibility index (Phi) is 3.82. The Morgan fingerprint density at radius 2 is 2.00 bits per heavy atom. The second-order valence-electron chi connectivity index (χ2n) is 2.61. The molecule has 0 aliphatic rings. The van der Waals surface area contributed by atoms with Crippen molar-refractivity contribution in [2.75, 3.05) is 0 Å². The molecule has 0 radical (unpaired) electrons. The van der Waals surface area contributed by atoms with E-state index in [0.29, 0.717) is 5.19 Å². The molecule has 1 heterocycles. The first-order chi connectivity index (χ1) is 7.15. The molecule has 78 valence electrons. The van der Waals surface area contributed by atoms with Crippen molar-refractivity contribution in [1.29, 1.82) is 0 Å². The third-order valence-corrected chi connectivity index (χ3v) is 4.09. The zero-order chi connectivity index (χ0) is 10.8. The average molecular weight is 414 g/mol. The van der Waals surface area contributed by atoms with Crippen LogP contribution < -0.4 is 4.74 Å². The Bertz CT molecular complexity index is 486. The first-order valence-electron chi connectivity index (χ1n) is 3.89. The molecule has 0 aliphatic heterocycles. The van der Waals surface area contributed by atoms with E-state index in [4.69, 9.17) is 4.74 Å². The number of aromatic nitrogens is 1. The molecule has 2 aromatic rings. The van der Waals surface area contributed by atoms with Crippen LogP contribution in [0.25, 0.3) is 0 Å². The maximum absolute atomic E-state index is 5.59. The number of rotatable bonds is 2. The van der Waals surface area contributed by atoms with E-state index in [9.17, 15) is 0 Å². The van der Waals surface area contributed by atoms with E-state index in [0.717, 1.165) is 19.3 Å². The summed E-state index contributed by atoms with van der Waals surface area (Å²) in [6, 6.07) is 5.73. The van der Waals surface area contributed by atoms with Crippen molar-refractivity contribution in [3.05, 3.63) is 37.1 Å². The minimum atomic E-state index is 0.616. The van der Waals surface area contributed by atoms with E-state index in [1.165, 1.54) is 11.3 Å². The number of nitrogens with zero attached hydrogens (tertiary/aromatic N) is 1. The fourth-order valence-corrected chi connectivity index (χ4v) is 3.16. The highest BCUT2D eigenvalue weighted by Gasteiger charge is 2.06. The van der Waals surface area contributed by atoms with Crippen LogP contribution in [0.3, 0.4) is 0 Å². The van der Waals surface area contributed by atoms with Crippen LogP contribution in [0.15, 0.2) is 37.1 Å². The molecule has 0 aliphatic carbocycles. The monoisotopic (exact) mass is 411 g/mol. The Morgan fingerprint density at radius 3 is 2.60 bits per heavy atom. The largest absolute Gasteiger partial charge is 0.430 e. The molecule has 6 heteroatoms. The van der Waals surface area contributed by atoms with Gasteiger partial charge in [-0.3, -0.25) is 0 Å². The summed E-state index contributed by atoms with van der Waals surface area (Å²) in [4.78, 5) is 4.15. The molecule has 0 saturated carbocycles. The maximum atomic E-state index is 5.59. The van der Waals surface area contributed by atoms with Crippen LogP contribution in [0.2, 0.25) is 0 Å². The minimum absolute atomic E-state index is 0.616. The van der Waals surface area contributed by atoms with Gasteiger partial charge in [0.1, 0.15) is 10.4 Å². The molecule has 0 atom stereocenters. The van der Waals surface area contributed by atoms with Crippen LogP contribution in [-0.4, -0.2) is 4.98 Å². The van der Waals surface area contributed by atoms with E-state index >= 15 is 0 Å². The van der Waals surface area contributed by atoms with Crippen molar-refractivity contribution in [2.24, 2.45) is 0 Å². The summed E-state index contributed by atoms with van der Waals surface area (Å²) in [5, 5.41) is 2.49. The molecule has 1 aromatic carbocycles. The molecule has 0 unspecified atom stereocenters. The van der Waals surface area contributed by atoms with Gasteiger partial charge < -0.3 is 4.74 Å². The van der Waals surface area contributed by atoms with Gasteiger partial charge in [0, 0.05) is 9.85 Å². The lowest BCUT2D eigenvalue weighted by molar-refractivity contribution is 0.475. The second kappa shape index (κ2) is 4.95. The summed E-state index contributed by atoms with van der Waals surface area (Å²) >= 11 is 11.5. The summed E-state index contributed by atoms with van der Waals surface area (Å²) in [6.45, 7) is 0. The molecule has 0 spiro atoms. The van der Waals surface area contributed by atoms with Gasteiger partial charge in [-0.05, 0) is 50.1 Å². The van der Waals surface area contributed by atoms with Gasteiger partial charge in [-0.1, -0.05) is 27.3 Å². The number of hydrogen-bond donors (Lipinski definition) is 0. The predicted molar refractivity (Wildman–Crippen MR) is 71.7 cm³/mol. The number of thiazole rings is 1. The van der Waals surface area contributed by atoms with E-state index in [1.807, 2.05) is 23.6 Å². The van der Waals surface area contributed by atoms with Crippen molar-refractivity contribution in [2.45, 2.75) is 0 Å². The Labute approximate surface area is 116 Å². The highest BCUT2D eigenvalue weighted by Crippen LogP contribution is 2.33. The lowest BCUT2D eigenvalue weighted by Crippen LogP contribution is -1.84. The Morgan fingerprint density at radius 1 is 1.20 bits per heavy atom. The van der Waals surface area contributed by atoms with E-state index < -0.39 is 0 Å². The van der Waals surface area contributed by atoms with Gasteiger partial charge in [0.15, 0.2) is 0 Å². The molecular weight excluding hydrogens is 410 g/mol. The van der Waals surface area contributed by atoms with Crippen LogP contribution in [-0.2, 0) is 0 Å². The standard InChI is InChI=1S/C9H4Br3NOS/c10-5-1-2-7(6(11)3-5)14-9-13-8(12)4-15-9/h1-4H. The molecule has 0 fully saturated rings. The van der Waals surface area contributed by atoms with E-state index in [1.54, 1.807) is 0 Å². The number of halogens is 3. The molecule has 0 N–H and O–H groups in total. The zero-order valence-electron chi connectivity index (χ0n) is 7.21. The molecule has 15 heavy (non-hydrogen) atoms.